The molecular weight excluding hydrogens is 254 g/mol. The van der Waals surface area contributed by atoms with Gasteiger partial charge in [0.25, 0.3) is 0 Å². The summed E-state index contributed by atoms with van der Waals surface area (Å²) in [5.74, 6) is 0.619. The van der Waals surface area contributed by atoms with Crippen LogP contribution in [-0.4, -0.2) is 57.9 Å². The lowest BCUT2D eigenvalue weighted by molar-refractivity contribution is -0.133. The highest BCUT2D eigenvalue weighted by molar-refractivity contribution is 7.91. The van der Waals surface area contributed by atoms with Crippen LogP contribution in [0.1, 0.15) is 26.2 Å². The standard InChI is InChI=1S/C12H23NO4S/c1-3-17-11-8-10(12(11)16-2)13-9-4-6-18(14,15)7-5-9/h9-13H,3-8H2,1-2H3. The van der Waals surface area contributed by atoms with E-state index < -0.39 is 9.84 Å². The van der Waals surface area contributed by atoms with Crippen molar-refractivity contribution in [3.05, 3.63) is 0 Å². The van der Waals surface area contributed by atoms with Crippen LogP contribution < -0.4 is 5.32 Å². The van der Waals surface area contributed by atoms with E-state index in [1.165, 1.54) is 0 Å². The molecule has 1 aliphatic carbocycles. The molecule has 2 rings (SSSR count). The van der Waals surface area contributed by atoms with Gasteiger partial charge in [-0.05, 0) is 26.2 Å². The van der Waals surface area contributed by atoms with Gasteiger partial charge in [-0.2, -0.15) is 0 Å². The maximum absolute atomic E-state index is 11.4. The van der Waals surface area contributed by atoms with E-state index in [-0.39, 0.29) is 12.2 Å². The van der Waals surface area contributed by atoms with E-state index in [1.807, 2.05) is 6.92 Å². The Morgan fingerprint density at radius 2 is 1.94 bits per heavy atom. The Hall–Kier alpha value is -0.170. The van der Waals surface area contributed by atoms with Crippen LogP contribution in [-0.2, 0) is 19.3 Å². The molecule has 1 heterocycles. The highest BCUT2D eigenvalue weighted by Gasteiger charge is 2.43. The molecule has 3 unspecified atom stereocenters. The fourth-order valence-electron chi connectivity index (χ4n) is 2.80. The van der Waals surface area contributed by atoms with Gasteiger partial charge in [0.05, 0.1) is 23.7 Å². The topological polar surface area (TPSA) is 64.6 Å². The number of hydrogen-bond acceptors (Lipinski definition) is 5. The van der Waals surface area contributed by atoms with Crippen LogP contribution in [0.4, 0.5) is 0 Å². The van der Waals surface area contributed by atoms with Crippen LogP contribution in [0.5, 0.6) is 0 Å². The number of rotatable bonds is 5. The fraction of sp³-hybridized carbons (Fsp3) is 1.00. The SMILES string of the molecule is CCOC1CC(NC2CCS(=O)(=O)CC2)C1OC. The molecule has 0 radical (unpaired) electrons. The Morgan fingerprint density at radius 1 is 1.28 bits per heavy atom. The Labute approximate surface area is 109 Å². The third kappa shape index (κ3) is 3.23. The largest absolute Gasteiger partial charge is 0.377 e. The van der Waals surface area contributed by atoms with E-state index in [0.717, 1.165) is 6.42 Å². The maximum atomic E-state index is 11.4. The zero-order valence-electron chi connectivity index (χ0n) is 11.1. The lowest BCUT2D eigenvalue weighted by Gasteiger charge is -2.45. The number of methoxy groups -OCH3 is 1. The third-order valence-electron chi connectivity index (χ3n) is 3.91. The van der Waals surface area contributed by atoms with Gasteiger partial charge in [0.15, 0.2) is 0 Å². The van der Waals surface area contributed by atoms with Gasteiger partial charge in [-0.25, -0.2) is 8.42 Å². The number of nitrogens with one attached hydrogen (secondary N) is 1. The van der Waals surface area contributed by atoms with Crippen LogP contribution >= 0.6 is 0 Å². The molecule has 0 aromatic heterocycles. The van der Waals surface area contributed by atoms with Crippen molar-refractivity contribution in [1.82, 2.24) is 5.32 Å². The van der Waals surface area contributed by atoms with Gasteiger partial charge in [0.2, 0.25) is 0 Å². The van der Waals surface area contributed by atoms with Gasteiger partial charge >= 0.3 is 0 Å². The van der Waals surface area contributed by atoms with Crippen molar-refractivity contribution in [2.75, 3.05) is 25.2 Å². The van der Waals surface area contributed by atoms with Crippen LogP contribution in [0.2, 0.25) is 0 Å². The van der Waals surface area contributed by atoms with Crippen molar-refractivity contribution in [3.8, 4) is 0 Å². The Kier molecular flexibility index (Phi) is 4.64. The van der Waals surface area contributed by atoms with Crippen molar-refractivity contribution >= 4 is 9.84 Å². The molecule has 0 amide bonds. The molecule has 0 aromatic rings. The van der Waals surface area contributed by atoms with Crippen molar-refractivity contribution in [1.29, 1.82) is 0 Å². The molecule has 5 nitrogen and oxygen atoms in total. The predicted molar refractivity (Wildman–Crippen MR) is 69.4 cm³/mol. The van der Waals surface area contributed by atoms with Gasteiger partial charge in [-0.15, -0.1) is 0 Å². The second-order valence-corrected chi connectivity index (χ2v) is 7.43. The first-order chi connectivity index (χ1) is 8.55. The average molecular weight is 277 g/mol. The minimum Gasteiger partial charge on any atom is -0.377 e. The summed E-state index contributed by atoms with van der Waals surface area (Å²) < 4.78 is 33.7. The summed E-state index contributed by atoms with van der Waals surface area (Å²) in [4.78, 5) is 0. The van der Waals surface area contributed by atoms with E-state index in [9.17, 15) is 8.42 Å². The summed E-state index contributed by atoms with van der Waals surface area (Å²) >= 11 is 0. The molecule has 0 aromatic carbocycles. The summed E-state index contributed by atoms with van der Waals surface area (Å²) in [6, 6.07) is 0.608. The van der Waals surface area contributed by atoms with Crippen molar-refractivity contribution in [2.45, 2.75) is 50.5 Å². The summed E-state index contributed by atoms with van der Waals surface area (Å²) in [6.45, 7) is 2.69. The van der Waals surface area contributed by atoms with Crippen LogP contribution in [0, 0.1) is 0 Å². The lowest BCUT2D eigenvalue weighted by Crippen LogP contribution is -2.62. The van der Waals surface area contributed by atoms with Crippen molar-refractivity contribution < 1.29 is 17.9 Å². The number of sulfone groups is 1. The molecule has 3 atom stereocenters. The zero-order chi connectivity index (χ0) is 13.2. The summed E-state index contributed by atoms with van der Waals surface area (Å²) in [6.07, 6.45) is 2.67. The van der Waals surface area contributed by atoms with Crippen LogP contribution in [0.15, 0.2) is 0 Å². The second kappa shape index (κ2) is 5.86. The zero-order valence-corrected chi connectivity index (χ0v) is 11.9. The molecule has 6 heteroatoms. The molecule has 106 valence electrons. The molecule has 0 spiro atoms. The van der Waals surface area contributed by atoms with E-state index in [0.29, 0.717) is 43.0 Å². The minimum atomic E-state index is -2.77. The molecule has 1 saturated carbocycles. The van der Waals surface area contributed by atoms with E-state index in [2.05, 4.69) is 5.32 Å². The van der Waals surface area contributed by atoms with Gasteiger partial charge < -0.3 is 14.8 Å². The molecule has 2 aliphatic rings. The lowest BCUT2D eigenvalue weighted by atomic mass is 9.84. The normalized spacial score (nSPS) is 36.2. The Balaban J connectivity index is 1.78. The quantitative estimate of drug-likeness (QED) is 0.785. The Bertz CT molecular complexity index is 356. The predicted octanol–water partition coefficient (Wildman–Crippen LogP) is 0.346. The van der Waals surface area contributed by atoms with Gasteiger partial charge in [-0.1, -0.05) is 0 Å². The van der Waals surface area contributed by atoms with Crippen molar-refractivity contribution in [2.24, 2.45) is 0 Å². The number of hydrogen-bond donors (Lipinski definition) is 1. The molecule has 18 heavy (non-hydrogen) atoms. The maximum Gasteiger partial charge on any atom is 0.150 e. The third-order valence-corrected chi connectivity index (χ3v) is 5.62. The Morgan fingerprint density at radius 3 is 2.50 bits per heavy atom. The smallest absolute Gasteiger partial charge is 0.150 e. The van der Waals surface area contributed by atoms with E-state index in [1.54, 1.807) is 7.11 Å². The molecular formula is C12H23NO4S. The minimum absolute atomic E-state index is 0.100. The fourth-order valence-corrected chi connectivity index (χ4v) is 4.29. The number of ether oxygens (including phenoxy) is 2. The molecule has 1 aliphatic heterocycles. The second-order valence-electron chi connectivity index (χ2n) is 5.13. The summed E-state index contributed by atoms with van der Waals surface area (Å²) in [7, 11) is -1.07. The van der Waals surface area contributed by atoms with Gasteiger partial charge in [0.1, 0.15) is 9.84 Å². The molecule has 2 fully saturated rings. The summed E-state index contributed by atoms with van der Waals surface area (Å²) in [5, 5.41) is 3.51. The van der Waals surface area contributed by atoms with E-state index >= 15 is 0 Å². The van der Waals surface area contributed by atoms with Gasteiger partial charge in [-0.3, -0.25) is 0 Å². The van der Waals surface area contributed by atoms with Gasteiger partial charge in [0, 0.05) is 25.8 Å². The molecule has 1 saturated heterocycles. The molecule has 0 bridgehead atoms. The molecule has 1 N–H and O–H groups in total. The first-order valence-electron chi connectivity index (χ1n) is 6.66. The average Bonchev–Trinajstić information content (AvgIpc) is 2.30. The highest BCUT2D eigenvalue weighted by atomic mass is 32.2. The highest BCUT2D eigenvalue weighted by Crippen LogP contribution is 2.28. The van der Waals surface area contributed by atoms with E-state index in [4.69, 9.17) is 9.47 Å². The van der Waals surface area contributed by atoms with Crippen LogP contribution in [0.3, 0.4) is 0 Å². The monoisotopic (exact) mass is 277 g/mol. The van der Waals surface area contributed by atoms with Crippen LogP contribution in [0.25, 0.3) is 0 Å². The first-order valence-corrected chi connectivity index (χ1v) is 8.48. The summed E-state index contributed by atoms with van der Waals surface area (Å²) in [5.41, 5.74) is 0. The van der Waals surface area contributed by atoms with Crippen molar-refractivity contribution in [3.63, 3.8) is 0 Å². The first kappa shape index (κ1) is 14.2.